The molecule has 1 unspecified atom stereocenters. The molecule has 1 atom stereocenters. The van der Waals surface area contributed by atoms with Gasteiger partial charge in [-0.1, -0.05) is 30.3 Å². The topological polar surface area (TPSA) is 64.7 Å². The number of carbonyl (C=O) groups is 2. The van der Waals surface area contributed by atoms with Crippen LogP contribution in [0.25, 0.3) is 0 Å². The molecule has 6 heteroatoms. The Morgan fingerprint density at radius 2 is 1.82 bits per heavy atom. The fourth-order valence-electron chi connectivity index (χ4n) is 3.38. The Kier molecular flexibility index (Phi) is 6.66. The number of rotatable bonds is 6. The first-order valence-corrected chi connectivity index (χ1v) is 9.67. The summed E-state index contributed by atoms with van der Waals surface area (Å²) < 4.78 is 0. The number of hydrogen-bond donors (Lipinski definition) is 2. The molecule has 1 aliphatic rings. The minimum absolute atomic E-state index is 0.111. The van der Waals surface area contributed by atoms with Crippen molar-refractivity contribution in [3.63, 3.8) is 0 Å². The van der Waals surface area contributed by atoms with Crippen LogP contribution >= 0.6 is 0 Å². The van der Waals surface area contributed by atoms with Crippen LogP contribution in [0.3, 0.4) is 0 Å². The van der Waals surface area contributed by atoms with Gasteiger partial charge in [0.25, 0.3) is 5.91 Å². The number of benzene rings is 2. The number of urea groups is 1. The monoisotopic (exact) mass is 380 g/mol. The smallest absolute Gasteiger partial charge is 0.321 e. The molecule has 1 fully saturated rings. The summed E-state index contributed by atoms with van der Waals surface area (Å²) in [6, 6.07) is 17.2. The van der Waals surface area contributed by atoms with Gasteiger partial charge >= 0.3 is 6.03 Å². The van der Waals surface area contributed by atoms with Gasteiger partial charge in [0, 0.05) is 37.4 Å². The van der Waals surface area contributed by atoms with Crippen molar-refractivity contribution < 1.29 is 9.59 Å². The van der Waals surface area contributed by atoms with Crippen molar-refractivity contribution in [2.24, 2.45) is 0 Å². The Bertz CT molecular complexity index is 792. The predicted octanol–water partition coefficient (Wildman–Crippen LogP) is 2.83. The summed E-state index contributed by atoms with van der Waals surface area (Å²) in [6.45, 7) is 2.49. The van der Waals surface area contributed by atoms with Crippen LogP contribution in [0.2, 0.25) is 0 Å². The number of nitrogens with zero attached hydrogens (tertiary/aromatic N) is 2. The van der Waals surface area contributed by atoms with E-state index in [0.29, 0.717) is 17.8 Å². The van der Waals surface area contributed by atoms with E-state index in [9.17, 15) is 9.59 Å². The highest BCUT2D eigenvalue weighted by atomic mass is 16.2. The van der Waals surface area contributed by atoms with Gasteiger partial charge in [-0.25, -0.2) is 4.79 Å². The van der Waals surface area contributed by atoms with Crippen molar-refractivity contribution in [3.8, 4) is 0 Å². The molecular weight excluding hydrogens is 352 g/mol. The van der Waals surface area contributed by atoms with E-state index in [4.69, 9.17) is 0 Å². The maximum atomic E-state index is 12.4. The van der Waals surface area contributed by atoms with Crippen molar-refractivity contribution in [1.82, 2.24) is 15.1 Å². The van der Waals surface area contributed by atoms with Crippen molar-refractivity contribution in [3.05, 3.63) is 65.7 Å². The first-order valence-electron chi connectivity index (χ1n) is 9.67. The average molecular weight is 380 g/mol. The zero-order valence-electron chi connectivity index (χ0n) is 16.5. The highest BCUT2D eigenvalue weighted by Crippen LogP contribution is 2.15. The normalized spacial score (nSPS) is 16.6. The lowest BCUT2D eigenvalue weighted by atomic mass is 10.1. The maximum Gasteiger partial charge on any atom is 0.321 e. The molecule has 1 saturated heterocycles. The fraction of sp³-hybridized carbons (Fsp3) is 0.364. The molecule has 2 aromatic carbocycles. The van der Waals surface area contributed by atoms with E-state index in [-0.39, 0.29) is 18.0 Å². The lowest BCUT2D eigenvalue weighted by molar-refractivity contribution is 0.0954. The third-order valence-electron chi connectivity index (χ3n) is 5.17. The van der Waals surface area contributed by atoms with Gasteiger partial charge in [-0.2, -0.15) is 0 Å². The molecular formula is C22H28N4O2. The van der Waals surface area contributed by atoms with Gasteiger partial charge in [-0.3, -0.25) is 4.79 Å². The SMILES string of the molecule is CN1CCC(N(C)C(=O)Nc2ccc(C(=O)NCCc3ccccc3)cc2)C1. The molecule has 3 rings (SSSR count). The first-order chi connectivity index (χ1) is 13.5. The van der Waals surface area contributed by atoms with Crippen LogP contribution in [-0.2, 0) is 6.42 Å². The first kappa shape index (κ1) is 19.9. The molecule has 1 aliphatic heterocycles. The van der Waals surface area contributed by atoms with Crippen LogP contribution in [0, 0.1) is 0 Å². The van der Waals surface area contributed by atoms with Gasteiger partial charge < -0.3 is 20.4 Å². The van der Waals surface area contributed by atoms with Gasteiger partial charge in [0.15, 0.2) is 0 Å². The van der Waals surface area contributed by atoms with Crippen molar-refractivity contribution in [2.75, 3.05) is 39.0 Å². The van der Waals surface area contributed by atoms with Crippen LogP contribution in [0.5, 0.6) is 0 Å². The van der Waals surface area contributed by atoms with E-state index < -0.39 is 0 Å². The van der Waals surface area contributed by atoms with E-state index in [1.165, 1.54) is 5.56 Å². The van der Waals surface area contributed by atoms with Crippen LogP contribution in [0.15, 0.2) is 54.6 Å². The standard InChI is InChI=1S/C22H28N4O2/c1-25-15-13-20(16-25)26(2)22(28)24-19-10-8-18(9-11-19)21(27)23-14-12-17-6-4-3-5-7-17/h3-11,20H,12-16H2,1-2H3,(H,23,27)(H,24,28). The zero-order chi connectivity index (χ0) is 19.9. The second-order valence-electron chi connectivity index (χ2n) is 7.31. The van der Waals surface area contributed by atoms with Crippen LogP contribution in [0.4, 0.5) is 10.5 Å². The third kappa shape index (κ3) is 5.33. The highest BCUT2D eigenvalue weighted by molar-refractivity contribution is 5.95. The minimum Gasteiger partial charge on any atom is -0.352 e. The Hall–Kier alpha value is -2.86. The second-order valence-corrected chi connectivity index (χ2v) is 7.31. The molecule has 0 bridgehead atoms. The lowest BCUT2D eigenvalue weighted by Gasteiger charge is -2.24. The Morgan fingerprint density at radius 3 is 2.46 bits per heavy atom. The summed E-state index contributed by atoms with van der Waals surface area (Å²) >= 11 is 0. The molecule has 28 heavy (non-hydrogen) atoms. The second kappa shape index (κ2) is 9.37. The van der Waals surface area contributed by atoms with Gasteiger partial charge in [0.2, 0.25) is 0 Å². The molecule has 0 spiro atoms. The van der Waals surface area contributed by atoms with Gasteiger partial charge in [0.05, 0.1) is 0 Å². The highest BCUT2D eigenvalue weighted by Gasteiger charge is 2.26. The number of carbonyl (C=O) groups excluding carboxylic acids is 2. The third-order valence-corrected chi connectivity index (χ3v) is 5.17. The number of likely N-dealkylation sites (tertiary alicyclic amines) is 1. The molecule has 0 aliphatic carbocycles. The number of hydrogen-bond acceptors (Lipinski definition) is 3. The molecule has 1 heterocycles. The van der Waals surface area contributed by atoms with Crippen molar-refractivity contribution >= 4 is 17.6 Å². The Morgan fingerprint density at radius 1 is 1.11 bits per heavy atom. The summed E-state index contributed by atoms with van der Waals surface area (Å²) in [6.07, 6.45) is 1.78. The largest absolute Gasteiger partial charge is 0.352 e. The molecule has 0 aromatic heterocycles. The lowest BCUT2D eigenvalue weighted by Crippen LogP contribution is -2.41. The molecule has 6 nitrogen and oxygen atoms in total. The van der Waals surface area contributed by atoms with E-state index >= 15 is 0 Å². The van der Waals surface area contributed by atoms with Crippen LogP contribution in [0.1, 0.15) is 22.3 Å². The number of anilines is 1. The molecule has 0 saturated carbocycles. The van der Waals surface area contributed by atoms with E-state index in [2.05, 4.69) is 22.6 Å². The maximum absolute atomic E-state index is 12.4. The van der Waals surface area contributed by atoms with E-state index in [0.717, 1.165) is 25.9 Å². The number of amides is 3. The van der Waals surface area contributed by atoms with Crippen LogP contribution < -0.4 is 10.6 Å². The fourth-order valence-corrected chi connectivity index (χ4v) is 3.38. The minimum atomic E-state index is -0.125. The molecule has 0 radical (unpaired) electrons. The molecule has 148 valence electrons. The van der Waals surface area contributed by atoms with E-state index in [1.807, 2.05) is 37.4 Å². The van der Waals surface area contributed by atoms with Crippen LogP contribution in [-0.4, -0.2) is 61.5 Å². The quantitative estimate of drug-likeness (QED) is 0.810. The number of nitrogens with one attached hydrogen (secondary N) is 2. The molecule has 2 aromatic rings. The van der Waals surface area contributed by atoms with Crippen molar-refractivity contribution in [1.29, 1.82) is 0 Å². The Balaban J connectivity index is 1.47. The summed E-state index contributed by atoms with van der Waals surface area (Å²) in [5.41, 5.74) is 2.46. The zero-order valence-corrected chi connectivity index (χ0v) is 16.5. The molecule has 2 N–H and O–H groups in total. The summed E-state index contributed by atoms with van der Waals surface area (Å²) in [4.78, 5) is 28.7. The average Bonchev–Trinajstić information content (AvgIpc) is 3.15. The Labute approximate surface area is 166 Å². The van der Waals surface area contributed by atoms with Gasteiger partial charge in [-0.15, -0.1) is 0 Å². The number of likely N-dealkylation sites (N-methyl/N-ethyl adjacent to an activating group) is 2. The summed E-state index contributed by atoms with van der Waals surface area (Å²) in [7, 11) is 3.89. The predicted molar refractivity (Wildman–Crippen MR) is 112 cm³/mol. The van der Waals surface area contributed by atoms with Gasteiger partial charge in [-0.05, 0) is 56.3 Å². The van der Waals surface area contributed by atoms with Gasteiger partial charge in [0.1, 0.15) is 0 Å². The van der Waals surface area contributed by atoms with E-state index in [1.54, 1.807) is 29.2 Å². The summed E-state index contributed by atoms with van der Waals surface area (Å²) in [5, 5.41) is 5.83. The molecule has 3 amide bonds. The summed E-state index contributed by atoms with van der Waals surface area (Å²) in [5.74, 6) is -0.111. The van der Waals surface area contributed by atoms with Crippen molar-refractivity contribution in [2.45, 2.75) is 18.9 Å².